The van der Waals surface area contributed by atoms with Gasteiger partial charge in [0.2, 0.25) is 0 Å². The Kier molecular flexibility index (Phi) is 5.81. The van der Waals surface area contributed by atoms with Crippen LogP contribution >= 0.6 is 11.3 Å². The van der Waals surface area contributed by atoms with Gasteiger partial charge in [0, 0.05) is 16.9 Å². The van der Waals surface area contributed by atoms with Gasteiger partial charge in [0.25, 0.3) is 0 Å². The molecular weight excluding hydrogens is 328 g/mol. The van der Waals surface area contributed by atoms with Crippen molar-refractivity contribution in [3.63, 3.8) is 0 Å². The van der Waals surface area contributed by atoms with E-state index in [1.54, 1.807) is 11.3 Å². The zero-order valence-electron chi connectivity index (χ0n) is 14.2. The molecule has 0 radical (unpaired) electrons. The fraction of sp³-hybridized carbons (Fsp3) is 0.238. The zero-order chi connectivity index (χ0) is 17.5. The van der Waals surface area contributed by atoms with Crippen LogP contribution in [0, 0.1) is 18.3 Å². The lowest BCUT2D eigenvalue weighted by Crippen LogP contribution is -1.97. The lowest BCUT2D eigenvalue weighted by molar-refractivity contribution is 0.301. The second-order valence-corrected chi connectivity index (χ2v) is 7.04. The molecule has 126 valence electrons. The van der Waals surface area contributed by atoms with E-state index in [1.165, 1.54) is 10.4 Å². The maximum atomic E-state index is 8.59. The Bertz CT molecular complexity index is 848. The molecule has 0 spiro atoms. The third-order valence-corrected chi connectivity index (χ3v) is 5.03. The number of unbranched alkanes of at least 4 members (excludes halogenated alkanes) is 1. The van der Waals surface area contributed by atoms with Gasteiger partial charge in [0.1, 0.15) is 17.4 Å². The summed E-state index contributed by atoms with van der Waals surface area (Å²) in [5.41, 5.74) is 3.37. The van der Waals surface area contributed by atoms with Crippen LogP contribution < -0.4 is 4.74 Å². The van der Waals surface area contributed by atoms with Gasteiger partial charge >= 0.3 is 0 Å². The third kappa shape index (κ3) is 4.68. The minimum atomic E-state index is 0.475. The van der Waals surface area contributed by atoms with E-state index in [0.717, 1.165) is 34.9 Å². The van der Waals surface area contributed by atoms with Gasteiger partial charge < -0.3 is 4.74 Å². The van der Waals surface area contributed by atoms with E-state index in [1.807, 2.05) is 30.3 Å². The van der Waals surface area contributed by atoms with Crippen molar-refractivity contribution in [2.24, 2.45) is 0 Å². The van der Waals surface area contributed by atoms with E-state index in [2.05, 4.69) is 37.3 Å². The van der Waals surface area contributed by atoms with Gasteiger partial charge in [-0.05, 0) is 37.5 Å². The highest BCUT2D eigenvalue weighted by Gasteiger charge is 2.10. The van der Waals surface area contributed by atoms with Gasteiger partial charge in [0.15, 0.2) is 0 Å². The number of aromatic nitrogens is 1. The third-order valence-electron chi connectivity index (χ3n) is 3.97. The highest BCUT2D eigenvalue weighted by molar-refractivity contribution is 7.15. The summed E-state index contributed by atoms with van der Waals surface area (Å²) in [4.78, 5) is 5.91. The first-order valence-electron chi connectivity index (χ1n) is 8.36. The van der Waals surface area contributed by atoms with Crippen molar-refractivity contribution in [1.29, 1.82) is 5.26 Å². The first-order valence-corrected chi connectivity index (χ1v) is 9.18. The zero-order valence-corrected chi connectivity index (χ0v) is 15.1. The molecule has 0 fully saturated rings. The van der Waals surface area contributed by atoms with E-state index in [-0.39, 0.29) is 0 Å². The van der Waals surface area contributed by atoms with Crippen LogP contribution in [0.25, 0.3) is 10.6 Å². The highest BCUT2D eigenvalue weighted by Crippen LogP contribution is 2.28. The Balaban J connectivity index is 1.60. The molecule has 0 unspecified atom stereocenters. The van der Waals surface area contributed by atoms with E-state index < -0.39 is 0 Å². The van der Waals surface area contributed by atoms with E-state index in [4.69, 9.17) is 15.0 Å². The molecular formula is C21H20N2OS. The summed E-state index contributed by atoms with van der Waals surface area (Å²) in [5, 5.41) is 9.62. The van der Waals surface area contributed by atoms with Crippen LogP contribution in [0.4, 0.5) is 0 Å². The Hall–Kier alpha value is -2.64. The maximum Gasteiger partial charge on any atom is 0.131 e. The van der Waals surface area contributed by atoms with Crippen LogP contribution in [-0.4, -0.2) is 4.98 Å². The van der Waals surface area contributed by atoms with Crippen LogP contribution in [-0.2, 0) is 13.0 Å². The number of hydrogen-bond donors (Lipinski definition) is 0. The number of thiazole rings is 1. The number of ether oxygens (including phenoxy) is 1. The summed E-state index contributed by atoms with van der Waals surface area (Å²) in [6.45, 7) is 2.56. The van der Waals surface area contributed by atoms with Crippen molar-refractivity contribution in [2.45, 2.75) is 32.8 Å². The molecule has 4 heteroatoms. The topological polar surface area (TPSA) is 45.9 Å². The lowest BCUT2D eigenvalue weighted by Gasteiger charge is -2.06. The molecule has 0 bridgehead atoms. The van der Waals surface area contributed by atoms with Gasteiger partial charge in [-0.3, -0.25) is 0 Å². The molecule has 0 atom stereocenters. The molecule has 1 heterocycles. The average Bonchev–Trinajstić information content (AvgIpc) is 3.03. The van der Waals surface area contributed by atoms with Crippen molar-refractivity contribution < 1.29 is 4.74 Å². The molecule has 0 aliphatic carbocycles. The SMILES string of the molecule is Cc1sc(-c2ccccc2)nc1COc1ccc(CCCC#N)cc1. The summed E-state index contributed by atoms with van der Waals surface area (Å²) < 4.78 is 5.89. The quantitative estimate of drug-likeness (QED) is 0.526. The summed E-state index contributed by atoms with van der Waals surface area (Å²) in [6.07, 6.45) is 2.43. The standard InChI is InChI=1S/C21H20N2OS/c1-16-20(23-21(25-16)18-8-3-2-4-9-18)15-24-19-12-10-17(11-13-19)7-5-6-14-22/h2-4,8-13H,5-7,15H2,1H3. The Labute approximate surface area is 152 Å². The molecule has 1 aromatic heterocycles. The van der Waals surface area contributed by atoms with E-state index in [9.17, 15) is 0 Å². The molecule has 3 rings (SSSR count). The Morgan fingerprint density at radius 1 is 1.08 bits per heavy atom. The van der Waals surface area contributed by atoms with Gasteiger partial charge in [-0.15, -0.1) is 11.3 Å². The normalized spacial score (nSPS) is 10.4. The molecule has 3 nitrogen and oxygen atoms in total. The molecule has 0 saturated heterocycles. The summed E-state index contributed by atoms with van der Waals surface area (Å²) in [5.74, 6) is 0.845. The molecule has 0 amide bonds. The summed E-state index contributed by atoms with van der Waals surface area (Å²) in [7, 11) is 0. The van der Waals surface area contributed by atoms with Gasteiger partial charge in [-0.1, -0.05) is 42.5 Å². The molecule has 0 aliphatic rings. The number of benzene rings is 2. The smallest absolute Gasteiger partial charge is 0.131 e. The first kappa shape index (κ1) is 17.2. The summed E-state index contributed by atoms with van der Waals surface area (Å²) in [6, 6.07) is 20.5. The number of nitrogens with zero attached hydrogens (tertiary/aromatic N) is 2. The van der Waals surface area contributed by atoms with Crippen molar-refractivity contribution in [3.05, 3.63) is 70.7 Å². The van der Waals surface area contributed by atoms with Crippen molar-refractivity contribution in [1.82, 2.24) is 4.98 Å². The van der Waals surface area contributed by atoms with Crippen LogP contribution in [0.15, 0.2) is 54.6 Å². The fourth-order valence-electron chi connectivity index (χ4n) is 2.54. The van der Waals surface area contributed by atoms with Gasteiger partial charge in [-0.25, -0.2) is 4.98 Å². The molecule has 0 N–H and O–H groups in total. The van der Waals surface area contributed by atoms with Crippen LogP contribution in [0.5, 0.6) is 5.75 Å². The number of nitriles is 1. The summed E-state index contributed by atoms with van der Waals surface area (Å²) >= 11 is 1.70. The first-order chi connectivity index (χ1) is 12.3. The maximum absolute atomic E-state index is 8.59. The number of hydrogen-bond acceptors (Lipinski definition) is 4. The van der Waals surface area contributed by atoms with Crippen molar-refractivity contribution in [2.75, 3.05) is 0 Å². The molecule has 25 heavy (non-hydrogen) atoms. The Morgan fingerprint density at radius 2 is 1.84 bits per heavy atom. The minimum Gasteiger partial charge on any atom is -0.487 e. The molecule has 3 aromatic rings. The number of aryl methyl sites for hydroxylation is 2. The predicted octanol–water partition coefficient (Wildman–Crippen LogP) is 5.54. The number of rotatable bonds is 7. The van der Waals surface area contributed by atoms with E-state index in [0.29, 0.717) is 13.0 Å². The second-order valence-electron chi connectivity index (χ2n) is 5.83. The van der Waals surface area contributed by atoms with Crippen LogP contribution in [0.3, 0.4) is 0 Å². The van der Waals surface area contributed by atoms with Crippen molar-refractivity contribution >= 4 is 11.3 Å². The lowest BCUT2D eigenvalue weighted by atomic mass is 10.1. The monoisotopic (exact) mass is 348 g/mol. The minimum absolute atomic E-state index is 0.475. The second kappa shape index (κ2) is 8.46. The predicted molar refractivity (Wildman–Crippen MR) is 102 cm³/mol. The Morgan fingerprint density at radius 3 is 2.56 bits per heavy atom. The largest absolute Gasteiger partial charge is 0.487 e. The molecule has 2 aromatic carbocycles. The van der Waals surface area contributed by atoms with Gasteiger partial charge in [-0.2, -0.15) is 5.26 Å². The van der Waals surface area contributed by atoms with Crippen LogP contribution in [0.2, 0.25) is 0 Å². The van der Waals surface area contributed by atoms with Gasteiger partial charge in [0.05, 0.1) is 11.8 Å². The van der Waals surface area contributed by atoms with E-state index >= 15 is 0 Å². The molecule has 0 saturated carbocycles. The molecule has 0 aliphatic heterocycles. The van der Waals surface area contributed by atoms with Crippen LogP contribution in [0.1, 0.15) is 29.0 Å². The van der Waals surface area contributed by atoms with Crippen molar-refractivity contribution in [3.8, 4) is 22.4 Å². The highest BCUT2D eigenvalue weighted by atomic mass is 32.1. The average molecular weight is 348 g/mol. The fourth-order valence-corrected chi connectivity index (χ4v) is 3.46.